The van der Waals surface area contributed by atoms with Crippen molar-refractivity contribution in [3.05, 3.63) is 95.9 Å². The summed E-state index contributed by atoms with van der Waals surface area (Å²) in [5.41, 5.74) is 5.27. The molecule has 0 atom stereocenters. The van der Waals surface area contributed by atoms with Crippen LogP contribution in [0.3, 0.4) is 0 Å². The second-order valence-corrected chi connectivity index (χ2v) is 10.3. The number of nitrogens with zero attached hydrogens (tertiary/aromatic N) is 4. The molecule has 1 aliphatic rings. The molecule has 1 N–H and O–H groups in total. The number of rotatable bonds is 9. The molecule has 0 bridgehead atoms. The van der Waals surface area contributed by atoms with Crippen molar-refractivity contribution < 1.29 is 19.1 Å². The molecule has 0 spiro atoms. The summed E-state index contributed by atoms with van der Waals surface area (Å²) >= 11 is 0. The van der Waals surface area contributed by atoms with Gasteiger partial charge in [0.2, 0.25) is 0 Å². The number of ketones is 1. The van der Waals surface area contributed by atoms with Gasteiger partial charge in [0.15, 0.2) is 0 Å². The molecule has 1 aliphatic heterocycles. The van der Waals surface area contributed by atoms with Gasteiger partial charge in [-0.3, -0.25) is 14.4 Å². The summed E-state index contributed by atoms with van der Waals surface area (Å²) in [6.07, 6.45) is 1.63. The number of aryl methyl sites for hydroxylation is 2. The fraction of sp³-hybridized carbons (Fsp3) is 0.273. The summed E-state index contributed by atoms with van der Waals surface area (Å²) in [5.74, 6) is -0.982. The summed E-state index contributed by atoms with van der Waals surface area (Å²) in [5, 5.41) is 2.73. The first-order valence-corrected chi connectivity index (χ1v) is 14.1. The zero-order valence-corrected chi connectivity index (χ0v) is 24.2. The minimum atomic E-state index is -0.779. The standard InChI is InChI=1S/C33H35N5O4/c1-4-42-30(39)22-38-15-14-28(25-8-6-5-7-9-25)31(38)32(40)33(41)35-26-10-12-27(13-11-26)36-16-18-37(19-17-36)29-21-23(2)20-24(3)34-29/h5-15,20-21H,4,16-19,22H2,1-3H3,(H,35,41). The fourth-order valence-corrected chi connectivity index (χ4v) is 5.28. The molecule has 1 amide bonds. The maximum absolute atomic E-state index is 13.5. The molecule has 1 fully saturated rings. The van der Waals surface area contributed by atoms with Crippen LogP contribution in [0.15, 0.2) is 79.0 Å². The van der Waals surface area contributed by atoms with Gasteiger partial charge >= 0.3 is 5.97 Å². The van der Waals surface area contributed by atoms with E-state index in [2.05, 4.69) is 34.2 Å². The molecule has 9 nitrogen and oxygen atoms in total. The molecule has 2 aromatic carbocycles. The SMILES string of the molecule is CCOC(=O)Cn1ccc(-c2ccccc2)c1C(=O)C(=O)Nc1ccc(N2CCN(c3cc(C)cc(C)n3)CC2)cc1. The Kier molecular flexibility index (Phi) is 8.66. The largest absolute Gasteiger partial charge is 0.465 e. The van der Waals surface area contributed by atoms with Crippen LogP contribution in [0, 0.1) is 13.8 Å². The lowest BCUT2D eigenvalue weighted by atomic mass is 10.0. The van der Waals surface area contributed by atoms with Crippen molar-refractivity contribution in [2.75, 3.05) is 47.9 Å². The third kappa shape index (κ3) is 6.52. The number of carbonyl (C=O) groups excluding carboxylic acids is 3. The molecule has 4 aromatic rings. The molecule has 1 saturated heterocycles. The first kappa shape index (κ1) is 28.6. The number of anilines is 3. The molecule has 3 heterocycles. The van der Waals surface area contributed by atoms with E-state index in [4.69, 9.17) is 9.72 Å². The number of pyridine rings is 1. The number of piperazine rings is 1. The number of nitrogens with one attached hydrogen (secondary N) is 1. The predicted molar refractivity (Wildman–Crippen MR) is 164 cm³/mol. The van der Waals surface area contributed by atoms with Crippen molar-refractivity contribution in [1.29, 1.82) is 0 Å². The fourth-order valence-electron chi connectivity index (χ4n) is 5.28. The number of amides is 1. The third-order valence-corrected chi connectivity index (χ3v) is 7.25. The van der Waals surface area contributed by atoms with Gasteiger partial charge in [-0.25, -0.2) is 4.98 Å². The number of aromatic nitrogens is 2. The van der Waals surface area contributed by atoms with Gasteiger partial charge in [-0.15, -0.1) is 0 Å². The molecule has 0 aliphatic carbocycles. The Morgan fingerprint density at radius 2 is 1.57 bits per heavy atom. The van der Waals surface area contributed by atoms with Gasteiger partial charge in [-0.05, 0) is 74.4 Å². The van der Waals surface area contributed by atoms with E-state index in [0.717, 1.165) is 48.9 Å². The number of carbonyl (C=O) groups is 3. The van der Waals surface area contributed by atoms with Gasteiger partial charge in [-0.1, -0.05) is 30.3 Å². The highest BCUT2D eigenvalue weighted by Crippen LogP contribution is 2.27. The van der Waals surface area contributed by atoms with Gasteiger partial charge in [0.1, 0.15) is 18.1 Å². The van der Waals surface area contributed by atoms with E-state index in [9.17, 15) is 14.4 Å². The third-order valence-electron chi connectivity index (χ3n) is 7.25. The Labute approximate surface area is 245 Å². The Morgan fingerprint density at radius 3 is 2.24 bits per heavy atom. The topological polar surface area (TPSA) is 96.8 Å². The van der Waals surface area contributed by atoms with Gasteiger partial charge < -0.3 is 24.4 Å². The molecule has 216 valence electrons. The van der Waals surface area contributed by atoms with Crippen molar-refractivity contribution in [3.63, 3.8) is 0 Å². The highest BCUT2D eigenvalue weighted by molar-refractivity contribution is 6.47. The second kappa shape index (κ2) is 12.7. The van der Waals surface area contributed by atoms with Crippen LogP contribution in [0.5, 0.6) is 0 Å². The quantitative estimate of drug-likeness (QED) is 0.176. The average molecular weight is 566 g/mol. The van der Waals surface area contributed by atoms with E-state index < -0.39 is 17.7 Å². The van der Waals surface area contributed by atoms with Crippen LogP contribution in [0.2, 0.25) is 0 Å². The first-order chi connectivity index (χ1) is 20.3. The molecule has 0 unspecified atom stereocenters. The molecule has 0 radical (unpaired) electrons. The maximum Gasteiger partial charge on any atom is 0.325 e. The zero-order valence-electron chi connectivity index (χ0n) is 24.2. The Bertz CT molecular complexity index is 1550. The van der Waals surface area contributed by atoms with E-state index >= 15 is 0 Å². The van der Waals surface area contributed by atoms with Gasteiger partial charge in [0.05, 0.1) is 6.61 Å². The van der Waals surface area contributed by atoms with Crippen LogP contribution in [-0.2, 0) is 20.9 Å². The molecule has 42 heavy (non-hydrogen) atoms. The normalized spacial score (nSPS) is 13.1. The van der Waals surface area contributed by atoms with Crippen molar-refractivity contribution in [3.8, 4) is 11.1 Å². The minimum Gasteiger partial charge on any atom is -0.465 e. The predicted octanol–water partition coefficient (Wildman–Crippen LogP) is 4.88. The van der Waals surface area contributed by atoms with Crippen LogP contribution in [0.1, 0.15) is 28.7 Å². The lowest BCUT2D eigenvalue weighted by Gasteiger charge is -2.37. The van der Waals surface area contributed by atoms with Crippen molar-refractivity contribution in [2.45, 2.75) is 27.3 Å². The van der Waals surface area contributed by atoms with Gasteiger partial charge in [0.25, 0.3) is 11.7 Å². The Balaban J connectivity index is 1.26. The lowest BCUT2D eigenvalue weighted by Crippen LogP contribution is -2.46. The molecule has 2 aromatic heterocycles. The van der Waals surface area contributed by atoms with E-state index in [1.165, 1.54) is 10.1 Å². The second-order valence-electron chi connectivity index (χ2n) is 10.3. The highest BCUT2D eigenvalue weighted by Gasteiger charge is 2.26. The van der Waals surface area contributed by atoms with Crippen LogP contribution in [0.25, 0.3) is 11.1 Å². The highest BCUT2D eigenvalue weighted by atomic mass is 16.5. The minimum absolute atomic E-state index is 0.138. The summed E-state index contributed by atoms with van der Waals surface area (Å²) < 4.78 is 6.54. The van der Waals surface area contributed by atoms with E-state index in [1.807, 2.05) is 49.4 Å². The molecule has 9 heteroatoms. The van der Waals surface area contributed by atoms with E-state index in [0.29, 0.717) is 11.3 Å². The van der Waals surface area contributed by atoms with Crippen molar-refractivity contribution in [2.24, 2.45) is 0 Å². The van der Waals surface area contributed by atoms with Gasteiger partial charge in [0, 0.05) is 55.0 Å². The summed E-state index contributed by atoms with van der Waals surface area (Å²) in [4.78, 5) is 48.1. The van der Waals surface area contributed by atoms with E-state index in [1.54, 1.807) is 31.3 Å². The smallest absolute Gasteiger partial charge is 0.325 e. The van der Waals surface area contributed by atoms with Crippen molar-refractivity contribution >= 4 is 34.9 Å². The van der Waals surface area contributed by atoms with Crippen LogP contribution in [0.4, 0.5) is 17.2 Å². The molecular formula is C33H35N5O4. The summed E-state index contributed by atoms with van der Waals surface area (Å²) in [6.45, 7) is 9.29. The summed E-state index contributed by atoms with van der Waals surface area (Å²) in [6, 6.07) is 22.7. The monoisotopic (exact) mass is 565 g/mol. The Morgan fingerprint density at radius 1 is 0.881 bits per heavy atom. The molecule has 0 saturated carbocycles. The molecular weight excluding hydrogens is 530 g/mol. The van der Waals surface area contributed by atoms with Crippen LogP contribution in [-0.4, -0.2) is 60.0 Å². The molecule has 5 rings (SSSR count). The van der Waals surface area contributed by atoms with Crippen LogP contribution < -0.4 is 15.1 Å². The number of ether oxygens (including phenoxy) is 1. The Hall–Kier alpha value is -4.92. The lowest BCUT2D eigenvalue weighted by molar-refractivity contribution is -0.143. The van der Waals surface area contributed by atoms with Gasteiger partial charge in [-0.2, -0.15) is 0 Å². The zero-order chi connectivity index (χ0) is 29.6. The number of benzene rings is 2. The first-order valence-electron chi connectivity index (χ1n) is 14.1. The summed E-state index contributed by atoms with van der Waals surface area (Å²) in [7, 11) is 0. The van der Waals surface area contributed by atoms with Crippen LogP contribution >= 0.6 is 0 Å². The number of Topliss-reactive ketones (excluding diaryl/α,β-unsaturated/α-hetero) is 1. The maximum atomic E-state index is 13.5. The average Bonchev–Trinajstić information content (AvgIpc) is 3.40. The number of esters is 1. The number of hydrogen-bond acceptors (Lipinski definition) is 7. The van der Waals surface area contributed by atoms with E-state index in [-0.39, 0.29) is 18.8 Å². The number of hydrogen-bond donors (Lipinski definition) is 1. The van der Waals surface area contributed by atoms with Crippen molar-refractivity contribution in [1.82, 2.24) is 9.55 Å².